The van der Waals surface area contributed by atoms with E-state index in [0.717, 1.165) is 24.7 Å². The van der Waals surface area contributed by atoms with Crippen LogP contribution in [0.1, 0.15) is 56.7 Å². The molecule has 1 N–H and O–H groups in total. The first-order valence-corrected chi connectivity index (χ1v) is 7.68. The minimum atomic E-state index is -0.0979. The summed E-state index contributed by atoms with van der Waals surface area (Å²) in [6.45, 7) is 4.73. The maximum Gasteiger partial charge on any atom is 0.123 e. The molecule has 19 heavy (non-hydrogen) atoms. The third kappa shape index (κ3) is 2.69. The second-order valence-corrected chi connectivity index (χ2v) is 6.60. The van der Waals surface area contributed by atoms with E-state index in [4.69, 9.17) is 0 Å². The highest BCUT2D eigenvalue weighted by atomic mass is 19.1. The summed E-state index contributed by atoms with van der Waals surface area (Å²) < 4.78 is 13.2. The van der Waals surface area contributed by atoms with Crippen LogP contribution in [0.2, 0.25) is 0 Å². The summed E-state index contributed by atoms with van der Waals surface area (Å²) in [5.74, 6) is 1.53. The molecule has 1 saturated carbocycles. The SMILES string of the molecule is CC1CCC(NC2CCc3cc(F)ccc32)C(C)C1. The lowest BCUT2D eigenvalue weighted by Crippen LogP contribution is -2.40. The molecule has 0 radical (unpaired) electrons. The molecule has 104 valence electrons. The largest absolute Gasteiger partial charge is 0.307 e. The van der Waals surface area contributed by atoms with Crippen molar-refractivity contribution in [3.8, 4) is 0 Å². The van der Waals surface area contributed by atoms with Gasteiger partial charge in [0.25, 0.3) is 0 Å². The molecule has 0 spiro atoms. The number of aryl methyl sites for hydroxylation is 1. The van der Waals surface area contributed by atoms with Gasteiger partial charge in [0.15, 0.2) is 0 Å². The predicted molar refractivity (Wildman–Crippen MR) is 76.6 cm³/mol. The van der Waals surface area contributed by atoms with Gasteiger partial charge in [0.05, 0.1) is 0 Å². The minimum Gasteiger partial charge on any atom is -0.307 e. The number of rotatable bonds is 2. The van der Waals surface area contributed by atoms with Crippen molar-refractivity contribution in [2.45, 2.75) is 58.0 Å². The third-order valence-electron chi connectivity index (χ3n) is 5.03. The van der Waals surface area contributed by atoms with Crippen LogP contribution in [0.5, 0.6) is 0 Å². The van der Waals surface area contributed by atoms with E-state index >= 15 is 0 Å². The summed E-state index contributed by atoms with van der Waals surface area (Å²) in [6, 6.07) is 6.37. The third-order valence-corrected chi connectivity index (χ3v) is 5.03. The van der Waals surface area contributed by atoms with Crippen LogP contribution in [-0.4, -0.2) is 6.04 Å². The fraction of sp³-hybridized carbons (Fsp3) is 0.647. The Morgan fingerprint density at radius 1 is 1.16 bits per heavy atom. The zero-order chi connectivity index (χ0) is 13.4. The van der Waals surface area contributed by atoms with E-state index < -0.39 is 0 Å². The van der Waals surface area contributed by atoms with Crippen molar-refractivity contribution < 1.29 is 4.39 Å². The maximum absolute atomic E-state index is 13.2. The summed E-state index contributed by atoms with van der Waals surface area (Å²) in [4.78, 5) is 0. The van der Waals surface area contributed by atoms with Crippen LogP contribution in [0.25, 0.3) is 0 Å². The number of hydrogen-bond donors (Lipinski definition) is 1. The van der Waals surface area contributed by atoms with Gasteiger partial charge in [-0.2, -0.15) is 0 Å². The molecule has 1 fully saturated rings. The molecule has 2 aliphatic carbocycles. The fourth-order valence-corrected chi connectivity index (χ4v) is 3.93. The molecule has 0 saturated heterocycles. The smallest absolute Gasteiger partial charge is 0.123 e. The molecule has 4 atom stereocenters. The van der Waals surface area contributed by atoms with Gasteiger partial charge in [-0.1, -0.05) is 19.9 Å². The van der Waals surface area contributed by atoms with Crippen molar-refractivity contribution >= 4 is 0 Å². The molecule has 0 aliphatic heterocycles. The summed E-state index contributed by atoms with van der Waals surface area (Å²) in [5.41, 5.74) is 2.53. The minimum absolute atomic E-state index is 0.0979. The van der Waals surface area contributed by atoms with Crippen LogP contribution in [0, 0.1) is 17.7 Å². The van der Waals surface area contributed by atoms with Crippen LogP contribution in [-0.2, 0) is 6.42 Å². The van der Waals surface area contributed by atoms with Crippen molar-refractivity contribution in [3.05, 3.63) is 35.1 Å². The molecule has 2 heteroatoms. The average Bonchev–Trinajstić information content (AvgIpc) is 2.75. The molecule has 2 aliphatic rings. The Kier molecular flexibility index (Phi) is 3.62. The first-order chi connectivity index (χ1) is 9.13. The zero-order valence-electron chi connectivity index (χ0n) is 12.0. The van der Waals surface area contributed by atoms with Crippen molar-refractivity contribution in [2.75, 3.05) is 0 Å². The Labute approximate surface area is 115 Å². The van der Waals surface area contributed by atoms with Gasteiger partial charge in [-0.3, -0.25) is 0 Å². The lowest BCUT2D eigenvalue weighted by atomic mass is 9.79. The van der Waals surface area contributed by atoms with Crippen LogP contribution in [0.4, 0.5) is 4.39 Å². The number of hydrogen-bond acceptors (Lipinski definition) is 1. The zero-order valence-corrected chi connectivity index (χ0v) is 12.0. The van der Waals surface area contributed by atoms with Crippen LogP contribution < -0.4 is 5.32 Å². The summed E-state index contributed by atoms with van der Waals surface area (Å²) in [6.07, 6.45) is 6.10. The first kappa shape index (κ1) is 13.1. The number of nitrogens with one attached hydrogen (secondary N) is 1. The number of benzene rings is 1. The van der Waals surface area contributed by atoms with E-state index in [1.807, 2.05) is 6.07 Å². The van der Waals surface area contributed by atoms with E-state index in [-0.39, 0.29) is 5.82 Å². The average molecular weight is 261 g/mol. The maximum atomic E-state index is 13.2. The van der Waals surface area contributed by atoms with Crippen molar-refractivity contribution in [1.82, 2.24) is 5.32 Å². The molecule has 1 nitrogen and oxygen atoms in total. The highest BCUT2D eigenvalue weighted by molar-refractivity contribution is 5.35. The molecule has 4 unspecified atom stereocenters. The number of fused-ring (bicyclic) bond motifs is 1. The molecule has 0 aromatic heterocycles. The molecular formula is C17H24FN. The normalized spacial score (nSPS) is 34.3. The molecule has 1 aromatic rings. The highest BCUT2D eigenvalue weighted by Crippen LogP contribution is 2.35. The Bertz CT molecular complexity index is 457. The molecule has 1 aromatic carbocycles. The lowest BCUT2D eigenvalue weighted by molar-refractivity contribution is 0.213. The standard InChI is InChI=1S/C17H24FN/c1-11-3-7-16(12(2)9-11)19-17-8-4-13-10-14(18)5-6-15(13)17/h5-6,10-12,16-17,19H,3-4,7-9H2,1-2H3. The summed E-state index contributed by atoms with van der Waals surface area (Å²) in [7, 11) is 0. The van der Waals surface area contributed by atoms with Crippen molar-refractivity contribution in [3.63, 3.8) is 0 Å². The fourth-order valence-electron chi connectivity index (χ4n) is 3.93. The van der Waals surface area contributed by atoms with Crippen molar-refractivity contribution in [2.24, 2.45) is 11.8 Å². The lowest BCUT2D eigenvalue weighted by Gasteiger charge is -2.35. The summed E-state index contributed by atoms with van der Waals surface area (Å²) >= 11 is 0. The van der Waals surface area contributed by atoms with E-state index in [1.54, 1.807) is 12.1 Å². The van der Waals surface area contributed by atoms with Gasteiger partial charge in [-0.25, -0.2) is 4.39 Å². The van der Waals surface area contributed by atoms with Crippen molar-refractivity contribution in [1.29, 1.82) is 0 Å². The Hall–Kier alpha value is -0.890. The highest BCUT2D eigenvalue weighted by Gasteiger charge is 2.30. The van der Waals surface area contributed by atoms with Gasteiger partial charge in [-0.05, 0) is 67.2 Å². The van der Waals surface area contributed by atoms with Crippen LogP contribution in [0.15, 0.2) is 18.2 Å². The van der Waals surface area contributed by atoms with E-state index in [1.165, 1.54) is 30.4 Å². The van der Waals surface area contributed by atoms with Gasteiger partial charge in [0, 0.05) is 12.1 Å². The second kappa shape index (κ2) is 5.24. The van der Waals surface area contributed by atoms with Crippen LogP contribution >= 0.6 is 0 Å². The molecule has 3 rings (SSSR count). The van der Waals surface area contributed by atoms with Crippen LogP contribution in [0.3, 0.4) is 0 Å². The Balaban J connectivity index is 1.69. The van der Waals surface area contributed by atoms with Gasteiger partial charge < -0.3 is 5.32 Å². The van der Waals surface area contributed by atoms with E-state index in [0.29, 0.717) is 12.1 Å². The van der Waals surface area contributed by atoms with Gasteiger partial charge in [0.1, 0.15) is 5.82 Å². The molecule has 0 bridgehead atoms. The molecular weight excluding hydrogens is 237 g/mol. The summed E-state index contributed by atoms with van der Waals surface area (Å²) in [5, 5.41) is 3.84. The number of halogens is 1. The molecule has 0 amide bonds. The van der Waals surface area contributed by atoms with Gasteiger partial charge >= 0.3 is 0 Å². The van der Waals surface area contributed by atoms with Gasteiger partial charge in [-0.15, -0.1) is 0 Å². The second-order valence-electron chi connectivity index (χ2n) is 6.60. The van der Waals surface area contributed by atoms with Gasteiger partial charge in [0.2, 0.25) is 0 Å². The van der Waals surface area contributed by atoms with E-state index in [2.05, 4.69) is 19.2 Å². The molecule has 0 heterocycles. The van der Waals surface area contributed by atoms with E-state index in [9.17, 15) is 4.39 Å². The topological polar surface area (TPSA) is 12.0 Å². The predicted octanol–water partition coefficient (Wildman–Crippen LogP) is 4.23. The first-order valence-electron chi connectivity index (χ1n) is 7.68. The quantitative estimate of drug-likeness (QED) is 0.840. The monoisotopic (exact) mass is 261 g/mol. The Morgan fingerprint density at radius 3 is 2.79 bits per heavy atom. The Morgan fingerprint density at radius 2 is 2.00 bits per heavy atom.